The number of hydrogen-bond acceptors (Lipinski definition) is 4. The second-order valence-corrected chi connectivity index (χ2v) is 6.22. The lowest BCUT2D eigenvalue weighted by Gasteiger charge is -2.28. The molecule has 4 heteroatoms. The highest BCUT2D eigenvalue weighted by Gasteiger charge is 2.30. The lowest BCUT2D eigenvalue weighted by atomic mass is 9.75. The first-order chi connectivity index (χ1) is 10.4. The summed E-state index contributed by atoms with van der Waals surface area (Å²) in [7, 11) is 0. The van der Waals surface area contributed by atoms with Crippen molar-refractivity contribution >= 4 is 11.4 Å². The molecule has 22 heavy (non-hydrogen) atoms. The van der Waals surface area contributed by atoms with Crippen molar-refractivity contribution in [1.29, 1.82) is 0 Å². The summed E-state index contributed by atoms with van der Waals surface area (Å²) in [5.74, 6) is 0.197. The van der Waals surface area contributed by atoms with Crippen molar-refractivity contribution < 1.29 is 0 Å². The van der Waals surface area contributed by atoms with Crippen molar-refractivity contribution in [3.8, 4) is 0 Å². The van der Waals surface area contributed by atoms with E-state index >= 15 is 0 Å². The maximum atomic E-state index is 11.4. The predicted molar refractivity (Wildman–Crippen MR) is 90.0 cm³/mol. The van der Waals surface area contributed by atoms with E-state index in [1.165, 1.54) is 0 Å². The fourth-order valence-electron chi connectivity index (χ4n) is 2.86. The molecule has 0 bridgehead atoms. The van der Waals surface area contributed by atoms with E-state index in [2.05, 4.69) is 10.4 Å². The number of benzene rings is 2. The Morgan fingerprint density at radius 2 is 1.50 bits per heavy atom. The van der Waals surface area contributed by atoms with Crippen LogP contribution in [0.15, 0.2) is 52.8 Å². The third-order valence-corrected chi connectivity index (χ3v) is 4.13. The average Bonchev–Trinajstić information content (AvgIpc) is 2.53. The molecule has 0 radical (unpaired) electrons. The van der Waals surface area contributed by atoms with Crippen LogP contribution in [0.3, 0.4) is 0 Å². The Balaban J connectivity index is 2.71. The Morgan fingerprint density at radius 3 is 2.09 bits per heavy atom. The monoisotopic (exact) mass is 296 g/mol. The van der Waals surface area contributed by atoms with Crippen LogP contribution in [-0.4, -0.2) is 0 Å². The van der Waals surface area contributed by atoms with Crippen LogP contribution >= 0.6 is 0 Å². The number of nitrogens with zero attached hydrogens (tertiary/aromatic N) is 2. The average molecular weight is 296 g/mol. The number of rotatable bonds is 5. The van der Waals surface area contributed by atoms with Gasteiger partial charge in [-0.05, 0) is 39.0 Å². The van der Waals surface area contributed by atoms with Crippen LogP contribution in [0.4, 0.5) is 11.4 Å². The molecule has 0 saturated carbocycles. The zero-order valence-corrected chi connectivity index (χ0v) is 13.3. The van der Waals surface area contributed by atoms with Gasteiger partial charge in [0.15, 0.2) is 0 Å². The zero-order chi connectivity index (χ0) is 16.3. The molecule has 0 amide bonds. The Hall–Kier alpha value is -2.36. The van der Waals surface area contributed by atoms with Gasteiger partial charge in [0.25, 0.3) is 0 Å². The maximum absolute atomic E-state index is 11.4. The molecule has 2 aromatic carbocycles. The molecule has 4 nitrogen and oxygen atoms in total. The van der Waals surface area contributed by atoms with Crippen LogP contribution in [0.25, 0.3) is 0 Å². The molecule has 0 atom stereocenters. The Labute approximate surface area is 130 Å². The normalized spacial score (nSPS) is 11.5. The highest BCUT2D eigenvalue weighted by atomic mass is 16.3. The number of nitroso groups, excluding NO2 is 2. The maximum Gasteiger partial charge on any atom is 0.115 e. The summed E-state index contributed by atoms with van der Waals surface area (Å²) in [5, 5.41) is 6.40. The van der Waals surface area contributed by atoms with Gasteiger partial charge in [-0.1, -0.05) is 64.1 Å². The minimum Gasteiger partial charge on any atom is -0.145 e. The standard InChI is InChI=1S/C18H20N2O2/c1-12(2)13-8-7-10-15(17(13)20-22)18(3,4)14-9-5-6-11-16(14)19-21/h5-12H,1-4H3. The van der Waals surface area contributed by atoms with E-state index in [1.807, 2.05) is 58.0 Å². The molecule has 0 aliphatic heterocycles. The van der Waals surface area contributed by atoms with Gasteiger partial charge in [0.1, 0.15) is 11.4 Å². The molecule has 2 aromatic rings. The van der Waals surface area contributed by atoms with Gasteiger partial charge in [-0.2, -0.15) is 0 Å². The van der Waals surface area contributed by atoms with Gasteiger partial charge in [0.05, 0.1) is 0 Å². The zero-order valence-electron chi connectivity index (χ0n) is 13.3. The van der Waals surface area contributed by atoms with Crippen LogP contribution in [0, 0.1) is 9.81 Å². The topological polar surface area (TPSA) is 58.9 Å². The van der Waals surface area contributed by atoms with Crippen LogP contribution in [0.5, 0.6) is 0 Å². The van der Waals surface area contributed by atoms with E-state index in [0.29, 0.717) is 11.4 Å². The van der Waals surface area contributed by atoms with E-state index in [4.69, 9.17) is 0 Å². The van der Waals surface area contributed by atoms with E-state index in [9.17, 15) is 9.81 Å². The third kappa shape index (κ3) is 2.69. The van der Waals surface area contributed by atoms with E-state index in [1.54, 1.807) is 12.1 Å². The van der Waals surface area contributed by atoms with Crippen LogP contribution in [-0.2, 0) is 5.41 Å². The summed E-state index contributed by atoms with van der Waals surface area (Å²) in [5.41, 5.74) is 2.82. The highest BCUT2D eigenvalue weighted by molar-refractivity contribution is 5.63. The first kappa shape index (κ1) is 16.0. The lowest BCUT2D eigenvalue weighted by molar-refractivity contribution is 0.640. The lowest BCUT2D eigenvalue weighted by Crippen LogP contribution is -2.20. The fraction of sp³-hybridized carbons (Fsp3) is 0.333. The van der Waals surface area contributed by atoms with Crippen LogP contribution in [0.2, 0.25) is 0 Å². The smallest absolute Gasteiger partial charge is 0.115 e. The van der Waals surface area contributed by atoms with Gasteiger partial charge in [0, 0.05) is 5.41 Å². The summed E-state index contributed by atoms with van der Waals surface area (Å²) in [4.78, 5) is 22.5. The fourth-order valence-corrected chi connectivity index (χ4v) is 2.86. The Morgan fingerprint density at radius 1 is 0.864 bits per heavy atom. The largest absolute Gasteiger partial charge is 0.145 e. The quantitative estimate of drug-likeness (QED) is 0.642. The first-order valence-corrected chi connectivity index (χ1v) is 7.33. The van der Waals surface area contributed by atoms with Crippen molar-refractivity contribution in [3.63, 3.8) is 0 Å². The molecule has 0 fully saturated rings. The Kier molecular flexibility index (Phi) is 4.50. The minimum absolute atomic E-state index is 0.197. The molecule has 0 aromatic heterocycles. The second-order valence-electron chi connectivity index (χ2n) is 6.22. The molecule has 0 saturated heterocycles. The van der Waals surface area contributed by atoms with Gasteiger partial charge < -0.3 is 0 Å². The third-order valence-electron chi connectivity index (χ3n) is 4.13. The van der Waals surface area contributed by atoms with E-state index < -0.39 is 5.41 Å². The van der Waals surface area contributed by atoms with E-state index in [-0.39, 0.29) is 5.92 Å². The molecule has 0 aliphatic carbocycles. The molecular formula is C18H20N2O2. The minimum atomic E-state index is -0.543. The molecule has 114 valence electrons. The molecule has 0 aliphatic rings. The predicted octanol–water partition coefficient (Wildman–Crippen LogP) is 5.93. The molecular weight excluding hydrogens is 276 g/mol. The van der Waals surface area contributed by atoms with Crippen molar-refractivity contribution in [1.82, 2.24) is 0 Å². The molecule has 0 spiro atoms. The van der Waals surface area contributed by atoms with Crippen molar-refractivity contribution in [2.45, 2.75) is 39.0 Å². The van der Waals surface area contributed by atoms with Crippen molar-refractivity contribution in [2.75, 3.05) is 0 Å². The van der Waals surface area contributed by atoms with Crippen molar-refractivity contribution in [2.24, 2.45) is 10.4 Å². The van der Waals surface area contributed by atoms with Gasteiger partial charge >= 0.3 is 0 Å². The molecule has 0 unspecified atom stereocenters. The van der Waals surface area contributed by atoms with Gasteiger partial charge in [-0.15, -0.1) is 9.81 Å². The second kappa shape index (κ2) is 6.18. The summed E-state index contributed by atoms with van der Waals surface area (Å²) in [6.07, 6.45) is 0. The Bertz CT molecular complexity index is 706. The van der Waals surface area contributed by atoms with Gasteiger partial charge in [0.2, 0.25) is 0 Å². The van der Waals surface area contributed by atoms with Crippen LogP contribution < -0.4 is 0 Å². The number of hydrogen-bond donors (Lipinski definition) is 0. The SMILES string of the molecule is CC(C)c1cccc(C(C)(C)c2ccccc2N=O)c1N=O. The summed E-state index contributed by atoms with van der Waals surface area (Å²) < 4.78 is 0. The van der Waals surface area contributed by atoms with Crippen LogP contribution in [0.1, 0.15) is 50.3 Å². The highest BCUT2D eigenvalue weighted by Crippen LogP contribution is 2.43. The molecule has 0 N–H and O–H groups in total. The first-order valence-electron chi connectivity index (χ1n) is 7.33. The van der Waals surface area contributed by atoms with Gasteiger partial charge in [-0.3, -0.25) is 0 Å². The van der Waals surface area contributed by atoms with Crippen molar-refractivity contribution in [3.05, 3.63) is 69.0 Å². The summed E-state index contributed by atoms with van der Waals surface area (Å²) >= 11 is 0. The molecule has 0 heterocycles. The summed E-state index contributed by atoms with van der Waals surface area (Å²) in [6.45, 7) is 8.01. The van der Waals surface area contributed by atoms with Gasteiger partial charge in [-0.25, -0.2) is 0 Å². The molecule has 2 rings (SSSR count). The summed E-state index contributed by atoms with van der Waals surface area (Å²) in [6, 6.07) is 12.9. The van der Waals surface area contributed by atoms with E-state index in [0.717, 1.165) is 16.7 Å².